The number of nitrogens with zero attached hydrogens (tertiary/aromatic N) is 1. The molecule has 2 unspecified atom stereocenters. The van der Waals surface area contributed by atoms with Gasteiger partial charge in [0.05, 0.1) is 31.8 Å². The summed E-state index contributed by atoms with van der Waals surface area (Å²) in [7, 11) is 0. The number of morpholine rings is 1. The molecule has 2 rings (SSSR count). The van der Waals surface area contributed by atoms with E-state index >= 15 is 0 Å². The molecule has 5 heteroatoms. The Morgan fingerprint density at radius 1 is 1.31 bits per heavy atom. The van der Waals surface area contributed by atoms with E-state index in [4.69, 9.17) is 15.2 Å². The van der Waals surface area contributed by atoms with E-state index < -0.39 is 0 Å². The lowest BCUT2D eigenvalue weighted by molar-refractivity contribution is -0.148. The van der Waals surface area contributed by atoms with Crippen LogP contribution >= 0.6 is 0 Å². The number of ether oxygens (including phenoxy) is 2. The molecule has 0 spiro atoms. The van der Waals surface area contributed by atoms with E-state index in [9.17, 15) is 4.79 Å². The molecule has 2 saturated heterocycles. The molecule has 92 valence electrons. The summed E-state index contributed by atoms with van der Waals surface area (Å²) in [5.74, 6) is 0.222. The Hall–Kier alpha value is -0.650. The Bertz CT molecular complexity index is 241. The number of rotatable bonds is 2. The normalized spacial score (nSPS) is 31.4. The lowest BCUT2D eigenvalue weighted by atomic mass is 9.99. The van der Waals surface area contributed by atoms with Crippen molar-refractivity contribution in [3.05, 3.63) is 0 Å². The zero-order valence-corrected chi connectivity index (χ0v) is 9.56. The highest BCUT2D eigenvalue weighted by Crippen LogP contribution is 2.19. The molecule has 2 atom stereocenters. The summed E-state index contributed by atoms with van der Waals surface area (Å²) in [4.78, 5) is 14.1. The van der Waals surface area contributed by atoms with Gasteiger partial charge in [0, 0.05) is 19.7 Å². The molecule has 2 N–H and O–H groups in total. The SMILES string of the molecule is NCC1COCCN1C(=O)C1CCCOC1. The molecule has 0 aliphatic carbocycles. The number of amides is 1. The highest BCUT2D eigenvalue weighted by atomic mass is 16.5. The smallest absolute Gasteiger partial charge is 0.228 e. The number of nitrogens with two attached hydrogens (primary N) is 1. The van der Waals surface area contributed by atoms with Gasteiger partial charge in [0.15, 0.2) is 0 Å². The third-order valence-corrected chi connectivity index (χ3v) is 3.29. The Labute approximate surface area is 95.9 Å². The van der Waals surface area contributed by atoms with Crippen molar-refractivity contribution in [2.45, 2.75) is 18.9 Å². The maximum Gasteiger partial charge on any atom is 0.228 e. The van der Waals surface area contributed by atoms with Gasteiger partial charge in [-0.1, -0.05) is 0 Å². The second kappa shape index (κ2) is 5.61. The van der Waals surface area contributed by atoms with E-state index in [-0.39, 0.29) is 17.9 Å². The summed E-state index contributed by atoms with van der Waals surface area (Å²) in [6.07, 6.45) is 1.92. The van der Waals surface area contributed by atoms with Gasteiger partial charge < -0.3 is 20.1 Å². The largest absolute Gasteiger partial charge is 0.381 e. The highest BCUT2D eigenvalue weighted by molar-refractivity contribution is 5.79. The van der Waals surface area contributed by atoms with Gasteiger partial charge in [-0.05, 0) is 12.8 Å². The number of hydrogen-bond acceptors (Lipinski definition) is 4. The first-order chi connectivity index (χ1) is 7.83. The first-order valence-electron chi connectivity index (χ1n) is 5.99. The van der Waals surface area contributed by atoms with Crippen LogP contribution in [0.2, 0.25) is 0 Å². The molecule has 0 aromatic carbocycles. The quantitative estimate of drug-likeness (QED) is 0.698. The summed E-state index contributed by atoms with van der Waals surface area (Å²) in [5.41, 5.74) is 5.66. The van der Waals surface area contributed by atoms with E-state index in [0.29, 0.717) is 32.9 Å². The van der Waals surface area contributed by atoms with Crippen LogP contribution in [0.5, 0.6) is 0 Å². The van der Waals surface area contributed by atoms with Crippen molar-refractivity contribution >= 4 is 5.91 Å². The molecule has 0 aromatic rings. The van der Waals surface area contributed by atoms with Crippen LogP contribution in [0.4, 0.5) is 0 Å². The third kappa shape index (κ3) is 2.53. The zero-order chi connectivity index (χ0) is 11.4. The van der Waals surface area contributed by atoms with Crippen molar-refractivity contribution in [2.24, 2.45) is 11.7 Å². The fourth-order valence-electron chi connectivity index (χ4n) is 2.31. The Kier molecular flexibility index (Phi) is 4.15. The van der Waals surface area contributed by atoms with Gasteiger partial charge in [0.25, 0.3) is 0 Å². The average molecular weight is 228 g/mol. The Morgan fingerprint density at radius 2 is 2.12 bits per heavy atom. The van der Waals surface area contributed by atoms with Crippen molar-refractivity contribution in [3.8, 4) is 0 Å². The summed E-state index contributed by atoms with van der Waals surface area (Å²) in [6, 6.07) is 0.0446. The van der Waals surface area contributed by atoms with Crippen LogP contribution in [0.15, 0.2) is 0 Å². The first-order valence-corrected chi connectivity index (χ1v) is 5.99. The third-order valence-electron chi connectivity index (χ3n) is 3.29. The second-order valence-corrected chi connectivity index (χ2v) is 4.41. The van der Waals surface area contributed by atoms with Gasteiger partial charge >= 0.3 is 0 Å². The molecular formula is C11H20N2O3. The summed E-state index contributed by atoms with van der Waals surface area (Å²) in [6.45, 7) is 3.67. The number of carbonyl (C=O) groups excluding carboxylic acids is 1. The predicted molar refractivity (Wildman–Crippen MR) is 58.9 cm³/mol. The van der Waals surface area contributed by atoms with E-state index in [2.05, 4.69) is 0 Å². The van der Waals surface area contributed by atoms with Crippen molar-refractivity contribution in [1.29, 1.82) is 0 Å². The Balaban J connectivity index is 1.95. The zero-order valence-electron chi connectivity index (χ0n) is 9.56. The highest BCUT2D eigenvalue weighted by Gasteiger charge is 2.32. The van der Waals surface area contributed by atoms with Crippen LogP contribution in [0.25, 0.3) is 0 Å². The monoisotopic (exact) mass is 228 g/mol. The van der Waals surface area contributed by atoms with Crippen molar-refractivity contribution < 1.29 is 14.3 Å². The van der Waals surface area contributed by atoms with Crippen LogP contribution in [-0.4, -0.2) is 56.4 Å². The predicted octanol–water partition coefficient (Wildman–Crippen LogP) is -0.401. The molecule has 5 nitrogen and oxygen atoms in total. The maximum atomic E-state index is 12.3. The standard InChI is InChI=1S/C11H20N2O3/c12-6-10-8-16-5-3-13(10)11(14)9-2-1-4-15-7-9/h9-10H,1-8,12H2. The van der Waals surface area contributed by atoms with Crippen LogP contribution in [0.1, 0.15) is 12.8 Å². The van der Waals surface area contributed by atoms with E-state index in [1.165, 1.54) is 0 Å². The van der Waals surface area contributed by atoms with Crippen molar-refractivity contribution in [2.75, 3.05) is 39.5 Å². The second-order valence-electron chi connectivity index (χ2n) is 4.41. The van der Waals surface area contributed by atoms with Crippen LogP contribution < -0.4 is 5.73 Å². The average Bonchev–Trinajstić information content (AvgIpc) is 2.39. The van der Waals surface area contributed by atoms with E-state index in [1.807, 2.05) is 4.90 Å². The van der Waals surface area contributed by atoms with Gasteiger partial charge in [0.1, 0.15) is 0 Å². The molecule has 0 radical (unpaired) electrons. The number of hydrogen-bond donors (Lipinski definition) is 1. The molecule has 0 bridgehead atoms. The topological polar surface area (TPSA) is 64.8 Å². The molecule has 2 fully saturated rings. The minimum atomic E-state index is 0.0286. The fourth-order valence-corrected chi connectivity index (χ4v) is 2.31. The van der Waals surface area contributed by atoms with Crippen molar-refractivity contribution in [3.63, 3.8) is 0 Å². The molecule has 16 heavy (non-hydrogen) atoms. The van der Waals surface area contributed by atoms with Crippen LogP contribution in [0.3, 0.4) is 0 Å². The lowest BCUT2D eigenvalue weighted by Crippen LogP contribution is -2.54. The van der Waals surface area contributed by atoms with Gasteiger partial charge in [-0.15, -0.1) is 0 Å². The summed E-state index contributed by atoms with van der Waals surface area (Å²) < 4.78 is 10.7. The molecule has 1 amide bonds. The van der Waals surface area contributed by atoms with Gasteiger partial charge in [-0.3, -0.25) is 4.79 Å². The molecule has 2 aliphatic rings. The molecule has 0 saturated carbocycles. The maximum absolute atomic E-state index is 12.3. The minimum absolute atomic E-state index is 0.0286. The fraction of sp³-hybridized carbons (Fsp3) is 0.909. The van der Waals surface area contributed by atoms with Crippen molar-refractivity contribution in [1.82, 2.24) is 4.90 Å². The molecular weight excluding hydrogens is 208 g/mol. The van der Waals surface area contributed by atoms with E-state index in [0.717, 1.165) is 19.4 Å². The Morgan fingerprint density at radius 3 is 2.81 bits per heavy atom. The summed E-state index contributed by atoms with van der Waals surface area (Å²) in [5, 5.41) is 0. The minimum Gasteiger partial charge on any atom is -0.381 e. The van der Waals surface area contributed by atoms with E-state index in [1.54, 1.807) is 0 Å². The summed E-state index contributed by atoms with van der Waals surface area (Å²) >= 11 is 0. The molecule has 2 heterocycles. The molecule has 0 aromatic heterocycles. The number of carbonyl (C=O) groups is 1. The lowest BCUT2D eigenvalue weighted by Gasteiger charge is -2.37. The molecule has 2 aliphatic heterocycles. The van der Waals surface area contributed by atoms with Crippen LogP contribution in [-0.2, 0) is 14.3 Å². The van der Waals surface area contributed by atoms with Crippen LogP contribution in [0, 0.1) is 5.92 Å². The first kappa shape index (κ1) is 11.8. The van der Waals surface area contributed by atoms with Gasteiger partial charge in [-0.25, -0.2) is 0 Å². The van der Waals surface area contributed by atoms with Gasteiger partial charge in [-0.2, -0.15) is 0 Å². The van der Waals surface area contributed by atoms with Gasteiger partial charge in [0.2, 0.25) is 5.91 Å².